The van der Waals surface area contributed by atoms with Crippen molar-refractivity contribution in [1.82, 2.24) is 15.6 Å². The predicted octanol–water partition coefficient (Wildman–Crippen LogP) is 2.56. The van der Waals surface area contributed by atoms with E-state index in [1.54, 1.807) is 6.07 Å². The van der Waals surface area contributed by atoms with Gasteiger partial charge in [-0.25, -0.2) is 9.18 Å². The maximum absolute atomic E-state index is 13.3. The van der Waals surface area contributed by atoms with E-state index >= 15 is 0 Å². The van der Waals surface area contributed by atoms with Crippen LogP contribution in [0.3, 0.4) is 0 Å². The Balaban J connectivity index is 1.73. The number of carbonyl (C=O) groups excluding carboxylic acids is 1. The van der Waals surface area contributed by atoms with Gasteiger partial charge in [0.2, 0.25) is 0 Å². The number of hydrogen-bond acceptors (Lipinski definition) is 2. The van der Waals surface area contributed by atoms with E-state index in [0.717, 1.165) is 16.5 Å². The van der Waals surface area contributed by atoms with Crippen LogP contribution in [0.25, 0.3) is 10.9 Å². The zero-order valence-electron chi connectivity index (χ0n) is 13.5. The molecule has 5 nitrogen and oxygen atoms in total. The molecule has 6 heteroatoms. The highest BCUT2D eigenvalue weighted by molar-refractivity contribution is 5.83. The van der Waals surface area contributed by atoms with Crippen molar-refractivity contribution in [3.05, 3.63) is 35.8 Å². The third-order valence-electron chi connectivity index (χ3n) is 3.90. The molecule has 0 fully saturated rings. The molecule has 0 aliphatic rings. The van der Waals surface area contributed by atoms with Crippen molar-refractivity contribution in [3.8, 4) is 0 Å². The number of fused-ring (bicyclic) bond motifs is 1. The molecule has 1 atom stereocenters. The number of aliphatic hydroxyl groups is 1. The zero-order chi connectivity index (χ0) is 16.8. The Labute approximate surface area is 135 Å². The molecule has 0 aliphatic carbocycles. The van der Waals surface area contributed by atoms with Crippen molar-refractivity contribution in [3.63, 3.8) is 0 Å². The van der Waals surface area contributed by atoms with E-state index in [9.17, 15) is 14.3 Å². The second-order valence-corrected chi connectivity index (χ2v) is 6.04. The van der Waals surface area contributed by atoms with E-state index in [1.165, 1.54) is 12.1 Å². The van der Waals surface area contributed by atoms with Gasteiger partial charge in [0.15, 0.2) is 0 Å². The lowest BCUT2D eigenvalue weighted by Crippen LogP contribution is -2.38. The average molecular weight is 321 g/mol. The van der Waals surface area contributed by atoms with Crippen molar-refractivity contribution < 1.29 is 14.3 Å². The lowest BCUT2D eigenvalue weighted by molar-refractivity contribution is 0.116. The summed E-state index contributed by atoms with van der Waals surface area (Å²) in [5.74, 6) is -0.0881. The molecule has 23 heavy (non-hydrogen) atoms. The molecule has 1 heterocycles. The number of hydrogen-bond donors (Lipinski definition) is 4. The highest BCUT2D eigenvalue weighted by atomic mass is 19.1. The molecule has 2 amide bonds. The van der Waals surface area contributed by atoms with Crippen LogP contribution >= 0.6 is 0 Å². The van der Waals surface area contributed by atoms with Crippen LogP contribution in [-0.2, 0) is 6.42 Å². The van der Waals surface area contributed by atoms with Crippen LogP contribution < -0.4 is 10.6 Å². The summed E-state index contributed by atoms with van der Waals surface area (Å²) in [6.45, 7) is 4.77. The van der Waals surface area contributed by atoms with Crippen LogP contribution in [0.15, 0.2) is 24.4 Å². The monoisotopic (exact) mass is 321 g/mol. The van der Waals surface area contributed by atoms with Gasteiger partial charge in [0.05, 0.1) is 6.10 Å². The molecule has 1 aromatic heterocycles. The maximum Gasteiger partial charge on any atom is 0.314 e. The molecule has 0 radical (unpaired) electrons. The van der Waals surface area contributed by atoms with Crippen LogP contribution in [0.4, 0.5) is 9.18 Å². The van der Waals surface area contributed by atoms with Gasteiger partial charge in [-0.05, 0) is 42.5 Å². The molecule has 0 saturated heterocycles. The summed E-state index contributed by atoms with van der Waals surface area (Å²) < 4.78 is 13.3. The molecule has 0 spiro atoms. The Morgan fingerprint density at radius 3 is 2.78 bits per heavy atom. The Morgan fingerprint density at radius 1 is 1.30 bits per heavy atom. The van der Waals surface area contributed by atoms with Crippen LogP contribution in [0, 0.1) is 11.7 Å². The van der Waals surface area contributed by atoms with Gasteiger partial charge in [-0.1, -0.05) is 13.8 Å². The van der Waals surface area contributed by atoms with Gasteiger partial charge in [0.1, 0.15) is 5.82 Å². The fourth-order valence-corrected chi connectivity index (χ4v) is 2.40. The molecule has 2 rings (SSSR count). The number of halogens is 1. The number of nitrogens with one attached hydrogen (secondary N) is 3. The van der Waals surface area contributed by atoms with E-state index in [1.807, 2.05) is 20.0 Å². The minimum absolute atomic E-state index is 0.183. The molecule has 0 saturated carbocycles. The first kappa shape index (κ1) is 17.3. The van der Waals surface area contributed by atoms with E-state index in [2.05, 4.69) is 15.6 Å². The average Bonchev–Trinajstić information content (AvgIpc) is 2.89. The first-order valence-corrected chi connectivity index (χ1v) is 7.92. The minimum atomic E-state index is -0.406. The van der Waals surface area contributed by atoms with Crippen molar-refractivity contribution >= 4 is 16.9 Å². The predicted molar refractivity (Wildman–Crippen MR) is 88.8 cm³/mol. The highest BCUT2D eigenvalue weighted by Crippen LogP contribution is 2.19. The smallest absolute Gasteiger partial charge is 0.314 e. The Bertz CT molecular complexity index is 654. The molecule has 0 bridgehead atoms. The van der Waals surface area contributed by atoms with E-state index < -0.39 is 6.10 Å². The van der Waals surface area contributed by atoms with Crippen molar-refractivity contribution in [1.29, 1.82) is 0 Å². The summed E-state index contributed by atoms with van der Waals surface area (Å²) in [5, 5.41) is 16.0. The van der Waals surface area contributed by atoms with Crippen LogP contribution in [0.5, 0.6) is 0 Å². The number of aliphatic hydroxyl groups excluding tert-OH is 1. The lowest BCUT2D eigenvalue weighted by Gasteiger charge is -2.14. The Kier molecular flexibility index (Phi) is 5.98. The quantitative estimate of drug-likeness (QED) is 0.632. The van der Waals surface area contributed by atoms with Gasteiger partial charge < -0.3 is 20.7 Å². The Morgan fingerprint density at radius 2 is 2.04 bits per heavy atom. The summed E-state index contributed by atoms with van der Waals surface area (Å²) in [7, 11) is 0. The second-order valence-electron chi connectivity index (χ2n) is 6.04. The molecule has 4 N–H and O–H groups in total. The first-order chi connectivity index (χ1) is 11.0. The number of H-pyrrole nitrogens is 1. The fourth-order valence-electron chi connectivity index (χ4n) is 2.40. The molecule has 2 aromatic rings. The summed E-state index contributed by atoms with van der Waals surface area (Å²) in [4.78, 5) is 14.8. The topological polar surface area (TPSA) is 77.2 Å². The van der Waals surface area contributed by atoms with Crippen molar-refractivity contribution in [2.24, 2.45) is 5.92 Å². The minimum Gasteiger partial charge on any atom is -0.393 e. The molecular formula is C17H24FN3O2. The first-order valence-electron chi connectivity index (χ1n) is 7.92. The number of aromatic amines is 1. The Hall–Kier alpha value is -2.08. The molecule has 1 aromatic carbocycles. The van der Waals surface area contributed by atoms with Gasteiger partial charge in [-0.3, -0.25) is 0 Å². The van der Waals surface area contributed by atoms with Gasteiger partial charge in [-0.2, -0.15) is 0 Å². The van der Waals surface area contributed by atoms with Crippen molar-refractivity contribution in [2.45, 2.75) is 32.8 Å². The number of benzene rings is 1. The molecule has 0 aliphatic heterocycles. The summed E-state index contributed by atoms with van der Waals surface area (Å²) >= 11 is 0. The number of carbonyl (C=O) groups is 1. The van der Waals surface area contributed by atoms with Crippen LogP contribution in [0.2, 0.25) is 0 Å². The molecule has 126 valence electrons. The van der Waals surface area contributed by atoms with Crippen LogP contribution in [0.1, 0.15) is 25.8 Å². The number of rotatable bonds is 7. The lowest BCUT2D eigenvalue weighted by atomic mass is 10.0. The highest BCUT2D eigenvalue weighted by Gasteiger charge is 2.09. The molecular weight excluding hydrogens is 297 g/mol. The van der Waals surface area contributed by atoms with E-state index in [-0.39, 0.29) is 17.8 Å². The van der Waals surface area contributed by atoms with Gasteiger partial charge >= 0.3 is 6.03 Å². The summed E-state index contributed by atoms with van der Waals surface area (Å²) in [5.41, 5.74) is 1.85. The van der Waals surface area contributed by atoms with Gasteiger partial charge in [0.25, 0.3) is 0 Å². The van der Waals surface area contributed by atoms with Gasteiger partial charge in [0, 0.05) is 30.2 Å². The third-order valence-corrected chi connectivity index (χ3v) is 3.90. The zero-order valence-corrected chi connectivity index (χ0v) is 13.5. The van der Waals surface area contributed by atoms with E-state index in [0.29, 0.717) is 25.9 Å². The SMILES string of the molecule is CC(C)C(O)CCNC(=O)NCCc1c[nH]c2ccc(F)cc12. The maximum atomic E-state index is 13.3. The normalized spacial score (nSPS) is 12.6. The van der Waals surface area contributed by atoms with Gasteiger partial charge in [-0.15, -0.1) is 0 Å². The third kappa shape index (κ3) is 4.96. The van der Waals surface area contributed by atoms with Crippen molar-refractivity contribution in [2.75, 3.05) is 13.1 Å². The largest absolute Gasteiger partial charge is 0.393 e. The number of aromatic nitrogens is 1. The van der Waals surface area contributed by atoms with E-state index in [4.69, 9.17) is 0 Å². The second kappa shape index (κ2) is 7.97. The summed E-state index contributed by atoms with van der Waals surface area (Å²) in [6.07, 6.45) is 2.58. The summed E-state index contributed by atoms with van der Waals surface area (Å²) in [6, 6.07) is 4.36. The number of amides is 2. The molecule has 1 unspecified atom stereocenters. The standard InChI is InChI=1S/C17H24FN3O2/c1-11(2)16(22)6-8-20-17(23)19-7-5-12-10-21-15-4-3-13(18)9-14(12)15/h3-4,9-11,16,21-22H,5-8H2,1-2H3,(H2,19,20,23). The van der Waals surface area contributed by atoms with Crippen LogP contribution in [-0.4, -0.2) is 35.3 Å². The fraction of sp³-hybridized carbons (Fsp3) is 0.471. The number of urea groups is 1.